The summed E-state index contributed by atoms with van der Waals surface area (Å²) in [6.45, 7) is 5.99. The quantitative estimate of drug-likeness (QED) is 0.701. The van der Waals surface area contributed by atoms with Gasteiger partial charge in [0.25, 0.3) is 0 Å². The fourth-order valence-corrected chi connectivity index (χ4v) is 3.08. The van der Waals surface area contributed by atoms with Crippen molar-refractivity contribution in [1.82, 2.24) is 9.97 Å². The van der Waals surface area contributed by atoms with Crippen LogP contribution in [0.2, 0.25) is 0 Å². The van der Waals surface area contributed by atoms with Crippen LogP contribution in [0.4, 0.5) is 0 Å². The Morgan fingerprint density at radius 3 is 2.56 bits per heavy atom. The Balaban J connectivity index is 1.95. The summed E-state index contributed by atoms with van der Waals surface area (Å²) < 4.78 is 0. The van der Waals surface area contributed by atoms with E-state index in [1.54, 1.807) is 12.3 Å². The summed E-state index contributed by atoms with van der Waals surface area (Å²) in [5.74, 6) is 1.12. The molecule has 0 bridgehead atoms. The first kappa shape index (κ1) is 17.5. The SMILES string of the molecule is CCC(=O)c1cc(C(=O)C[C@H]2C[C@@H]2C)cc(C(C)c2ccccn2)n1. The number of nitrogens with zero attached hydrogens (tertiary/aromatic N) is 2. The molecule has 1 unspecified atom stereocenters. The van der Waals surface area contributed by atoms with E-state index in [1.165, 1.54) is 0 Å². The average Bonchev–Trinajstić information content (AvgIpc) is 3.35. The number of rotatable bonds is 7. The van der Waals surface area contributed by atoms with Crippen LogP contribution in [-0.2, 0) is 0 Å². The lowest BCUT2D eigenvalue weighted by molar-refractivity contribution is 0.0974. The molecule has 1 aliphatic carbocycles. The van der Waals surface area contributed by atoms with Gasteiger partial charge in [0.2, 0.25) is 0 Å². The highest BCUT2D eigenvalue weighted by atomic mass is 16.1. The van der Waals surface area contributed by atoms with E-state index in [0.717, 1.165) is 17.8 Å². The number of hydrogen-bond acceptors (Lipinski definition) is 4. The molecular weight excluding hydrogens is 312 g/mol. The lowest BCUT2D eigenvalue weighted by Gasteiger charge is -2.13. The molecule has 1 aliphatic rings. The second kappa shape index (κ2) is 7.26. The summed E-state index contributed by atoms with van der Waals surface area (Å²) in [5.41, 5.74) is 2.59. The number of aromatic nitrogens is 2. The van der Waals surface area contributed by atoms with E-state index in [2.05, 4.69) is 16.9 Å². The summed E-state index contributed by atoms with van der Waals surface area (Å²) in [4.78, 5) is 33.8. The average molecular weight is 336 g/mol. The van der Waals surface area contributed by atoms with Crippen LogP contribution in [0.25, 0.3) is 0 Å². The molecular formula is C21H24N2O2. The van der Waals surface area contributed by atoms with Crippen molar-refractivity contribution in [1.29, 1.82) is 0 Å². The zero-order chi connectivity index (χ0) is 18.0. The van der Waals surface area contributed by atoms with Crippen LogP contribution in [0.15, 0.2) is 36.5 Å². The van der Waals surface area contributed by atoms with Crippen LogP contribution in [0.1, 0.15) is 78.2 Å². The van der Waals surface area contributed by atoms with Crippen LogP contribution in [-0.4, -0.2) is 21.5 Å². The molecule has 0 spiro atoms. The standard InChI is InChI=1S/C21H24N2O2/c1-4-20(24)19-11-16(21(25)12-15-9-13(15)2)10-18(23-19)14(3)17-7-5-6-8-22-17/h5-8,10-11,13-15H,4,9,12H2,1-3H3/t13-,14?,15+/m0/s1. The Hall–Kier alpha value is -2.36. The van der Waals surface area contributed by atoms with E-state index in [9.17, 15) is 9.59 Å². The summed E-state index contributed by atoms with van der Waals surface area (Å²) in [6, 6.07) is 9.23. The van der Waals surface area contributed by atoms with Crippen molar-refractivity contribution in [3.05, 3.63) is 59.2 Å². The van der Waals surface area contributed by atoms with Crippen LogP contribution < -0.4 is 0 Å². The summed E-state index contributed by atoms with van der Waals surface area (Å²) in [7, 11) is 0. The monoisotopic (exact) mass is 336 g/mol. The number of pyridine rings is 2. The maximum Gasteiger partial charge on any atom is 0.180 e. The van der Waals surface area contributed by atoms with Crippen molar-refractivity contribution in [2.75, 3.05) is 0 Å². The molecule has 0 N–H and O–H groups in total. The molecule has 25 heavy (non-hydrogen) atoms. The van der Waals surface area contributed by atoms with E-state index < -0.39 is 0 Å². The van der Waals surface area contributed by atoms with Crippen LogP contribution >= 0.6 is 0 Å². The van der Waals surface area contributed by atoms with Crippen molar-refractivity contribution < 1.29 is 9.59 Å². The largest absolute Gasteiger partial charge is 0.294 e. The lowest BCUT2D eigenvalue weighted by atomic mass is 9.97. The highest BCUT2D eigenvalue weighted by Crippen LogP contribution is 2.41. The van der Waals surface area contributed by atoms with Gasteiger partial charge in [-0.25, -0.2) is 4.98 Å². The molecule has 0 aliphatic heterocycles. The van der Waals surface area contributed by atoms with Gasteiger partial charge in [-0.1, -0.05) is 26.8 Å². The van der Waals surface area contributed by atoms with E-state index in [1.807, 2.05) is 38.1 Å². The first-order chi connectivity index (χ1) is 12.0. The Labute approximate surface area is 148 Å². The van der Waals surface area contributed by atoms with Gasteiger partial charge in [0, 0.05) is 36.2 Å². The lowest BCUT2D eigenvalue weighted by Crippen LogP contribution is -2.11. The Morgan fingerprint density at radius 1 is 1.20 bits per heavy atom. The van der Waals surface area contributed by atoms with Crippen LogP contribution in [0.5, 0.6) is 0 Å². The van der Waals surface area contributed by atoms with Gasteiger partial charge in [-0.3, -0.25) is 14.6 Å². The van der Waals surface area contributed by atoms with E-state index in [-0.39, 0.29) is 17.5 Å². The number of carbonyl (C=O) groups excluding carboxylic acids is 2. The third kappa shape index (κ3) is 4.01. The van der Waals surface area contributed by atoms with Crippen molar-refractivity contribution >= 4 is 11.6 Å². The maximum absolute atomic E-state index is 12.7. The minimum absolute atomic E-state index is 0.0380. The molecule has 2 aromatic rings. The molecule has 4 heteroatoms. The first-order valence-electron chi connectivity index (χ1n) is 8.98. The molecule has 2 heterocycles. The predicted molar refractivity (Wildman–Crippen MR) is 96.8 cm³/mol. The zero-order valence-electron chi connectivity index (χ0n) is 15.0. The van der Waals surface area contributed by atoms with Crippen molar-refractivity contribution in [3.63, 3.8) is 0 Å². The summed E-state index contributed by atoms with van der Waals surface area (Å²) >= 11 is 0. The topological polar surface area (TPSA) is 59.9 Å². The molecule has 3 atom stereocenters. The fraction of sp³-hybridized carbons (Fsp3) is 0.429. The molecule has 0 saturated heterocycles. The predicted octanol–water partition coefficient (Wildman–Crippen LogP) is 4.45. The van der Waals surface area contributed by atoms with Crippen LogP contribution in [0, 0.1) is 11.8 Å². The van der Waals surface area contributed by atoms with E-state index in [0.29, 0.717) is 35.9 Å². The molecule has 2 aromatic heterocycles. The van der Waals surface area contributed by atoms with Gasteiger partial charge in [0.05, 0.1) is 5.69 Å². The molecule has 1 fully saturated rings. The van der Waals surface area contributed by atoms with Crippen molar-refractivity contribution in [2.45, 2.75) is 46.0 Å². The Bertz CT molecular complexity index is 786. The molecule has 0 aromatic carbocycles. The first-order valence-corrected chi connectivity index (χ1v) is 8.98. The van der Waals surface area contributed by atoms with Gasteiger partial charge >= 0.3 is 0 Å². The van der Waals surface area contributed by atoms with Gasteiger partial charge in [0.1, 0.15) is 5.69 Å². The maximum atomic E-state index is 12.7. The molecule has 0 amide bonds. The van der Waals surface area contributed by atoms with Crippen molar-refractivity contribution in [3.8, 4) is 0 Å². The summed E-state index contributed by atoms with van der Waals surface area (Å²) in [6.07, 6.45) is 3.80. The van der Waals surface area contributed by atoms with Gasteiger partial charge in [0.15, 0.2) is 11.6 Å². The van der Waals surface area contributed by atoms with Crippen LogP contribution in [0.3, 0.4) is 0 Å². The minimum Gasteiger partial charge on any atom is -0.294 e. The highest BCUT2D eigenvalue weighted by molar-refractivity contribution is 6.00. The van der Waals surface area contributed by atoms with Gasteiger partial charge < -0.3 is 0 Å². The van der Waals surface area contributed by atoms with Gasteiger partial charge in [-0.2, -0.15) is 0 Å². The van der Waals surface area contributed by atoms with Gasteiger partial charge in [-0.05, 0) is 42.5 Å². The molecule has 130 valence electrons. The molecule has 3 rings (SSSR count). The number of carbonyl (C=O) groups is 2. The highest BCUT2D eigenvalue weighted by Gasteiger charge is 2.34. The third-order valence-corrected chi connectivity index (χ3v) is 5.07. The second-order valence-corrected chi connectivity index (χ2v) is 7.02. The Kier molecular flexibility index (Phi) is 5.07. The smallest absolute Gasteiger partial charge is 0.180 e. The molecule has 0 radical (unpaired) electrons. The van der Waals surface area contributed by atoms with Crippen molar-refractivity contribution in [2.24, 2.45) is 11.8 Å². The van der Waals surface area contributed by atoms with Gasteiger partial charge in [-0.15, -0.1) is 0 Å². The minimum atomic E-state index is -0.0720. The number of ketones is 2. The molecule has 1 saturated carbocycles. The Morgan fingerprint density at radius 2 is 1.96 bits per heavy atom. The summed E-state index contributed by atoms with van der Waals surface area (Å²) in [5, 5.41) is 0. The zero-order valence-corrected chi connectivity index (χ0v) is 15.0. The fourth-order valence-electron chi connectivity index (χ4n) is 3.08. The second-order valence-electron chi connectivity index (χ2n) is 7.02. The third-order valence-electron chi connectivity index (χ3n) is 5.07. The number of hydrogen-bond donors (Lipinski definition) is 0. The molecule has 4 nitrogen and oxygen atoms in total. The van der Waals surface area contributed by atoms with E-state index >= 15 is 0 Å². The van der Waals surface area contributed by atoms with E-state index in [4.69, 9.17) is 0 Å². The normalized spacial score (nSPS) is 20.1. The number of Topliss-reactive ketones (excluding diaryl/α,β-unsaturated/α-hetero) is 2.